The van der Waals surface area contributed by atoms with Crippen molar-refractivity contribution in [2.45, 2.75) is 57.9 Å². The Hall–Kier alpha value is -2.30. The molecular formula is C23H31N3O2. The maximum Gasteiger partial charge on any atom is 0.270 e. The average molecular weight is 382 g/mol. The number of hydrogen-bond donors (Lipinski definition) is 2. The summed E-state index contributed by atoms with van der Waals surface area (Å²) in [6.07, 6.45) is 7.79. The summed E-state index contributed by atoms with van der Waals surface area (Å²) < 4.78 is 0. The van der Waals surface area contributed by atoms with E-state index in [0.717, 1.165) is 49.7 Å². The molecule has 150 valence electrons. The molecule has 0 radical (unpaired) electrons. The van der Waals surface area contributed by atoms with Gasteiger partial charge >= 0.3 is 0 Å². The van der Waals surface area contributed by atoms with Crippen LogP contribution in [0.15, 0.2) is 30.3 Å². The largest absolute Gasteiger partial charge is 0.353 e. The molecule has 2 N–H and O–H groups in total. The van der Waals surface area contributed by atoms with Crippen LogP contribution in [-0.4, -0.2) is 40.8 Å². The number of aromatic nitrogens is 1. The summed E-state index contributed by atoms with van der Waals surface area (Å²) in [5, 5.41) is 4.33. The van der Waals surface area contributed by atoms with E-state index in [9.17, 15) is 9.59 Å². The van der Waals surface area contributed by atoms with Gasteiger partial charge in [-0.1, -0.05) is 44.4 Å². The fourth-order valence-corrected chi connectivity index (χ4v) is 4.76. The second kappa shape index (κ2) is 8.38. The van der Waals surface area contributed by atoms with E-state index in [1.165, 1.54) is 19.3 Å². The van der Waals surface area contributed by atoms with E-state index in [1.54, 1.807) is 0 Å². The Labute approximate surface area is 166 Å². The first-order chi connectivity index (χ1) is 13.6. The Balaban J connectivity index is 1.30. The molecule has 5 heteroatoms. The van der Waals surface area contributed by atoms with Crippen LogP contribution >= 0.6 is 0 Å². The minimum atomic E-state index is 0.0206. The lowest BCUT2D eigenvalue weighted by molar-refractivity contribution is -0.127. The Bertz CT molecular complexity index is 796. The molecular weight excluding hydrogens is 350 g/mol. The molecule has 1 saturated heterocycles. The lowest BCUT2D eigenvalue weighted by Gasteiger charge is -2.35. The lowest BCUT2D eigenvalue weighted by Crippen LogP contribution is -2.45. The molecule has 2 heterocycles. The van der Waals surface area contributed by atoms with Gasteiger partial charge in [-0.15, -0.1) is 0 Å². The van der Waals surface area contributed by atoms with Crippen LogP contribution in [0.25, 0.3) is 10.9 Å². The molecule has 1 aromatic carbocycles. The highest BCUT2D eigenvalue weighted by molar-refractivity contribution is 5.98. The van der Waals surface area contributed by atoms with Crippen LogP contribution < -0.4 is 5.32 Å². The molecule has 28 heavy (non-hydrogen) atoms. The summed E-state index contributed by atoms with van der Waals surface area (Å²) in [5.74, 6) is 0.642. The number of fused-ring (bicyclic) bond motifs is 1. The van der Waals surface area contributed by atoms with Gasteiger partial charge in [0.15, 0.2) is 0 Å². The van der Waals surface area contributed by atoms with Gasteiger partial charge in [0.1, 0.15) is 5.69 Å². The minimum Gasteiger partial charge on any atom is -0.353 e. The topological polar surface area (TPSA) is 65.2 Å². The normalized spacial score (nSPS) is 20.2. The third-order valence-corrected chi connectivity index (χ3v) is 6.66. The first-order valence-corrected chi connectivity index (χ1v) is 10.8. The number of para-hydroxylation sites is 1. The van der Waals surface area contributed by atoms with Crippen LogP contribution in [0.4, 0.5) is 0 Å². The number of benzene rings is 1. The second-order valence-electron chi connectivity index (χ2n) is 8.53. The van der Waals surface area contributed by atoms with Crippen molar-refractivity contribution in [3.63, 3.8) is 0 Å². The zero-order chi connectivity index (χ0) is 19.5. The maximum absolute atomic E-state index is 12.9. The fourth-order valence-electron chi connectivity index (χ4n) is 4.76. The van der Waals surface area contributed by atoms with Crippen molar-refractivity contribution in [3.8, 4) is 0 Å². The molecule has 2 aliphatic rings. The van der Waals surface area contributed by atoms with Gasteiger partial charge in [-0.3, -0.25) is 9.59 Å². The number of aromatic amines is 1. The van der Waals surface area contributed by atoms with E-state index in [2.05, 4.69) is 17.2 Å². The van der Waals surface area contributed by atoms with Gasteiger partial charge in [-0.2, -0.15) is 0 Å². The van der Waals surface area contributed by atoms with Gasteiger partial charge < -0.3 is 15.2 Å². The van der Waals surface area contributed by atoms with Gasteiger partial charge in [0.2, 0.25) is 5.91 Å². The van der Waals surface area contributed by atoms with Crippen LogP contribution in [0.1, 0.15) is 62.4 Å². The van der Waals surface area contributed by atoms with Crippen molar-refractivity contribution >= 4 is 22.7 Å². The Kier molecular flexibility index (Phi) is 5.69. The van der Waals surface area contributed by atoms with E-state index >= 15 is 0 Å². The summed E-state index contributed by atoms with van der Waals surface area (Å²) in [6.45, 7) is 3.50. The number of carbonyl (C=O) groups excluding carboxylic acids is 2. The summed E-state index contributed by atoms with van der Waals surface area (Å²) in [6, 6.07) is 10.3. The number of carbonyl (C=O) groups is 2. The highest BCUT2D eigenvalue weighted by Gasteiger charge is 2.31. The molecule has 1 saturated carbocycles. The number of H-pyrrole nitrogens is 1. The van der Waals surface area contributed by atoms with E-state index < -0.39 is 0 Å². The molecule has 0 bridgehead atoms. The van der Waals surface area contributed by atoms with Crippen molar-refractivity contribution < 1.29 is 9.59 Å². The van der Waals surface area contributed by atoms with E-state index in [0.29, 0.717) is 17.7 Å². The van der Waals surface area contributed by atoms with E-state index in [-0.39, 0.29) is 17.7 Å². The average Bonchev–Trinajstić information content (AvgIpc) is 3.18. The summed E-state index contributed by atoms with van der Waals surface area (Å²) in [4.78, 5) is 30.7. The van der Waals surface area contributed by atoms with Gasteiger partial charge in [0.25, 0.3) is 5.91 Å². The molecule has 2 fully saturated rings. The number of rotatable bonds is 4. The van der Waals surface area contributed by atoms with E-state index in [4.69, 9.17) is 0 Å². The van der Waals surface area contributed by atoms with Crippen LogP contribution in [-0.2, 0) is 4.79 Å². The lowest BCUT2D eigenvalue weighted by atomic mass is 9.84. The van der Waals surface area contributed by atoms with Gasteiger partial charge in [-0.05, 0) is 43.7 Å². The van der Waals surface area contributed by atoms with Gasteiger partial charge in [0.05, 0.1) is 0 Å². The fraction of sp³-hybridized carbons (Fsp3) is 0.565. The molecule has 5 nitrogen and oxygen atoms in total. The first kappa shape index (κ1) is 19.0. The van der Waals surface area contributed by atoms with Crippen molar-refractivity contribution in [1.29, 1.82) is 0 Å². The third kappa shape index (κ3) is 4.08. The SMILES string of the molecule is C[C@@H](C(=O)NC1CCCCC1)C1CCN(C(=O)c2cc3ccccc3[nH]2)CC1. The summed E-state index contributed by atoms with van der Waals surface area (Å²) in [5.41, 5.74) is 1.65. The molecule has 1 aliphatic heterocycles. The molecule has 1 aromatic heterocycles. The standard InChI is InChI=1S/C23H31N3O2/c1-16(22(27)24-19-8-3-2-4-9-19)17-11-13-26(14-12-17)23(28)21-15-18-7-5-6-10-20(18)25-21/h5-7,10,15-17,19,25H,2-4,8-9,11-14H2,1H3,(H,24,27)/t16-/m1/s1. The highest BCUT2D eigenvalue weighted by atomic mass is 16.2. The molecule has 1 atom stereocenters. The first-order valence-electron chi connectivity index (χ1n) is 10.8. The Morgan fingerprint density at radius 3 is 2.50 bits per heavy atom. The highest BCUT2D eigenvalue weighted by Crippen LogP contribution is 2.27. The third-order valence-electron chi connectivity index (χ3n) is 6.66. The Morgan fingerprint density at radius 1 is 1.07 bits per heavy atom. The van der Waals surface area contributed by atoms with Crippen LogP contribution in [0.2, 0.25) is 0 Å². The molecule has 4 rings (SSSR count). The van der Waals surface area contributed by atoms with Gasteiger partial charge in [0, 0.05) is 36.0 Å². The predicted octanol–water partition coefficient (Wildman–Crippen LogP) is 4.11. The van der Waals surface area contributed by atoms with Crippen LogP contribution in [0.5, 0.6) is 0 Å². The van der Waals surface area contributed by atoms with Gasteiger partial charge in [-0.25, -0.2) is 0 Å². The number of amides is 2. The summed E-state index contributed by atoms with van der Waals surface area (Å²) >= 11 is 0. The smallest absolute Gasteiger partial charge is 0.270 e. The quantitative estimate of drug-likeness (QED) is 0.837. The van der Waals surface area contributed by atoms with Crippen LogP contribution in [0.3, 0.4) is 0 Å². The minimum absolute atomic E-state index is 0.0206. The predicted molar refractivity (Wildman–Crippen MR) is 111 cm³/mol. The number of piperidine rings is 1. The van der Waals surface area contributed by atoms with Crippen molar-refractivity contribution in [2.24, 2.45) is 11.8 Å². The number of hydrogen-bond acceptors (Lipinski definition) is 2. The van der Waals surface area contributed by atoms with Crippen LogP contribution in [0, 0.1) is 11.8 Å². The Morgan fingerprint density at radius 2 is 1.79 bits per heavy atom. The monoisotopic (exact) mass is 381 g/mol. The molecule has 0 spiro atoms. The number of nitrogens with zero attached hydrogens (tertiary/aromatic N) is 1. The second-order valence-corrected chi connectivity index (χ2v) is 8.53. The van der Waals surface area contributed by atoms with E-state index in [1.807, 2.05) is 35.2 Å². The zero-order valence-corrected chi connectivity index (χ0v) is 16.7. The number of likely N-dealkylation sites (tertiary alicyclic amines) is 1. The van der Waals surface area contributed by atoms with Crippen molar-refractivity contribution in [3.05, 3.63) is 36.0 Å². The molecule has 2 aromatic rings. The van der Waals surface area contributed by atoms with Crippen molar-refractivity contribution in [1.82, 2.24) is 15.2 Å². The molecule has 0 unspecified atom stereocenters. The maximum atomic E-state index is 12.9. The molecule has 2 amide bonds. The summed E-state index contributed by atoms with van der Waals surface area (Å²) in [7, 11) is 0. The molecule has 1 aliphatic carbocycles. The zero-order valence-electron chi connectivity index (χ0n) is 16.7. The number of nitrogens with one attached hydrogen (secondary N) is 2. The van der Waals surface area contributed by atoms with Crippen molar-refractivity contribution in [2.75, 3.05) is 13.1 Å².